The van der Waals surface area contributed by atoms with Crippen molar-refractivity contribution in [3.8, 4) is 11.5 Å². The van der Waals surface area contributed by atoms with Crippen LogP contribution < -0.4 is 50.8 Å². The predicted molar refractivity (Wildman–Crippen MR) is 171 cm³/mol. The number of thiazole rings is 1. The molecule has 6 heterocycles. The minimum absolute atomic E-state index is 0. The number of oxime groups is 1. The number of phenols is 2. The van der Waals surface area contributed by atoms with Gasteiger partial charge in [0.2, 0.25) is 0 Å². The number of nitrogens with zero attached hydrogens (tertiary/aromatic N) is 4. The zero-order valence-electron chi connectivity index (χ0n) is 26.8. The molecule has 5 N–H and O–H groups in total. The molecule has 260 valence electrons. The molecular weight excluding hydrogens is 727 g/mol. The third kappa shape index (κ3) is 6.69. The largest absolute Gasteiger partial charge is 1.00 e. The zero-order valence-corrected chi connectivity index (χ0v) is 31.2. The minimum atomic E-state index is -1.57. The van der Waals surface area contributed by atoms with Gasteiger partial charge in [0, 0.05) is 46.9 Å². The Hall–Kier alpha value is -3.39. The fourth-order valence-corrected chi connectivity index (χ4v) is 8.97. The first-order valence-electron chi connectivity index (χ1n) is 15.1. The number of halogens is 1. The number of aliphatic carboxylic acids is 2. The van der Waals surface area contributed by atoms with Crippen LogP contribution in [0.3, 0.4) is 0 Å². The van der Waals surface area contributed by atoms with E-state index in [0.29, 0.717) is 55.5 Å². The van der Waals surface area contributed by atoms with Gasteiger partial charge >= 0.3 is 29.6 Å². The molecule has 4 fully saturated rings. The molecule has 1 aromatic heterocycles. The monoisotopic (exact) mass is 756 g/mol. The Morgan fingerprint density at radius 3 is 2.46 bits per heavy atom. The number of rotatable bonds is 11. The van der Waals surface area contributed by atoms with Crippen LogP contribution in [-0.2, 0) is 24.0 Å². The number of ketones is 1. The summed E-state index contributed by atoms with van der Waals surface area (Å²) in [6, 6.07) is 1.49. The molecule has 0 radical (unpaired) electrons. The molecule has 0 aliphatic carbocycles. The first-order valence-corrected chi connectivity index (χ1v) is 17.4. The van der Waals surface area contributed by atoms with Crippen molar-refractivity contribution >= 4 is 75.1 Å². The predicted octanol–water partition coefficient (Wildman–Crippen LogP) is -4.06. The molecule has 0 spiro atoms. The summed E-state index contributed by atoms with van der Waals surface area (Å²) in [6.45, 7) is 3.18. The second-order valence-corrected chi connectivity index (χ2v) is 14.9. The van der Waals surface area contributed by atoms with E-state index in [2.05, 4.69) is 15.5 Å². The van der Waals surface area contributed by atoms with Crippen molar-refractivity contribution in [3.05, 3.63) is 45.1 Å². The van der Waals surface area contributed by atoms with Crippen LogP contribution in [0.1, 0.15) is 42.2 Å². The van der Waals surface area contributed by atoms with E-state index in [9.17, 15) is 44.4 Å². The summed E-state index contributed by atoms with van der Waals surface area (Å²) in [5, 5.41) is 50.1. The van der Waals surface area contributed by atoms with Gasteiger partial charge in [-0.25, -0.2) is 4.98 Å². The van der Waals surface area contributed by atoms with Crippen molar-refractivity contribution in [3.63, 3.8) is 0 Å². The molecule has 5 aliphatic heterocycles. The van der Waals surface area contributed by atoms with E-state index in [1.807, 2.05) is 0 Å². The second-order valence-electron chi connectivity index (χ2n) is 12.5. The number of nitrogen functional groups attached to an aromatic ring is 1. The van der Waals surface area contributed by atoms with Crippen LogP contribution in [0.5, 0.6) is 11.5 Å². The maximum Gasteiger partial charge on any atom is 1.00 e. The summed E-state index contributed by atoms with van der Waals surface area (Å²) in [5.41, 5.74) is 4.93. The fourth-order valence-electron chi connectivity index (χ4n) is 6.84. The Balaban J connectivity index is 0.00000486. The number of phenolic OH excluding ortho intramolecular Hbond substituents is 2. The molecule has 2 aromatic rings. The number of β-lactam (4-membered cyclic amide) rings is 1. The van der Waals surface area contributed by atoms with Gasteiger partial charge in [0.1, 0.15) is 23.7 Å². The molecule has 2 amide bonds. The van der Waals surface area contributed by atoms with E-state index in [4.69, 9.17) is 22.2 Å². The molecule has 4 saturated heterocycles. The third-order valence-corrected chi connectivity index (χ3v) is 12.1. The topological polar surface area (TPSA) is 248 Å². The average molecular weight is 757 g/mol. The number of hydrogen-bond donors (Lipinski definition) is 4. The first kappa shape index (κ1) is 37.9. The molecule has 50 heavy (non-hydrogen) atoms. The van der Waals surface area contributed by atoms with Gasteiger partial charge < -0.3 is 50.4 Å². The van der Waals surface area contributed by atoms with Gasteiger partial charge in [0.25, 0.3) is 11.8 Å². The Morgan fingerprint density at radius 1 is 1.22 bits per heavy atom. The van der Waals surface area contributed by atoms with Gasteiger partial charge in [-0.2, -0.15) is 0 Å². The third-order valence-electron chi connectivity index (χ3n) is 9.68. The molecular formula is C30H30ClN6NaO10S2. The van der Waals surface area contributed by atoms with E-state index in [-0.39, 0.29) is 68.2 Å². The average Bonchev–Trinajstić information content (AvgIpc) is 3.51. The molecule has 16 nitrogen and oxygen atoms in total. The number of carbonyl (C=O) groups excluding carboxylic acids is 5. The number of anilines is 1. The number of fused-ring (bicyclic) bond motifs is 4. The van der Waals surface area contributed by atoms with Gasteiger partial charge in [-0.3, -0.25) is 19.3 Å². The summed E-state index contributed by atoms with van der Waals surface area (Å²) in [6.07, 6.45) is 0.0108. The normalized spacial score (nSPS) is 26.3. The van der Waals surface area contributed by atoms with Crippen LogP contribution in [0.4, 0.5) is 5.13 Å². The zero-order chi connectivity index (χ0) is 35.4. The Kier molecular flexibility index (Phi) is 10.8. The molecule has 0 saturated carbocycles. The first-order chi connectivity index (χ1) is 23.2. The van der Waals surface area contributed by atoms with Gasteiger partial charge in [0.15, 0.2) is 34.2 Å². The van der Waals surface area contributed by atoms with Gasteiger partial charge in [-0.15, -0.1) is 23.1 Å². The van der Waals surface area contributed by atoms with Crippen molar-refractivity contribution in [2.24, 2.45) is 10.6 Å². The molecule has 3 atom stereocenters. The van der Waals surface area contributed by atoms with Gasteiger partial charge in [0.05, 0.1) is 42.3 Å². The fraction of sp³-hybridized carbons (Fsp3) is 0.433. The van der Waals surface area contributed by atoms with Gasteiger partial charge in [-0.1, -0.05) is 16.8 Å². The summed E-state index contributed by atoms with van der Waals surface area (Å²) in [7, 11) is 0. The number of aromatic nitrogens is 1. The minimum Gasteiger partial charge on any atom is -0.546 e. The number of Topliss-reactive ketones (excluding diaryl/α,β-unsaturated/α-hetero) is 1. The second kappa shape index (κ2) is 14.3. The number of nitrogens with one attached hydrogen (secondary N) is 1. The maximum absolute atomic E-state index is 13.6. The molecule has 20 heteroatoms. The van der Waals surface area contributed by atoms with E-state index in [1.165, 1.54) is 29.3 Å². The van der Waals surface area contributed by atoms with Crippen molar-refractivity contribution in [2.45, 2.75) is 43.7 Å². The molecule has 2 bridgehead atoms. The molecule has 0 unspecified atom stereocenters. The number of carbonyl (C=O) groups is 5. The van der Waals surface area contributed by atoms with Crippen LogP contribution in [0.2, 0.25) is 5.02 Å². The molecule has 1 aromatic carbocycles. The standard InChI is InChI=1S/C30H31ClN6O10S2.Na/c1-13(27(43)44)47-35-19(16-12-49-29(32)33-16)24(41)34-20-25(42)36-21(28(45)46)14(11-48-26(20)36)10-37-7-4-30(5-8-37,6-9-37)23(40)15-2-3-17(38)22(39)18(15)31;/h2-3,12-13,20,26H,4-11H2,1H3,(H6-,32,33,34,35,38,39,40,41,43,44,45,46);/q;+1/p-1/t13-,20+,26+,30?,37?;/m0./s1. The summed E-state index contributed by atoms with van der Waals surface area (Å²) in [4.78, 5) is 73.8. The Labute approximate surface area is 320 Å². The van der Waals surface area contributed by atoms with Crippen LogP contribution in [0.25, 0.3) is 0 Å². The smallest absolute Gasteiger partial charge is 0.546 e. The van der Waals surface area contributed by atoms with Crippen molar-refractivity contribution in [2.75, 3.05) is 37.7 Å². The maximum atomic E-state index is 13.6. The number of quaternary nitrogens is 1. The number of nitrogens with two attached hydrogens (primary N) is 1. The van der Waals surface area contributed by atoms with Crippen molar-refractivity contribution in [1.82, 2.24) is 15.2 Å². The summed E-state index contributed by atoms with van der Waals surface area (Å²) < 4.78 is 0.518. The van der Waals surface area contributed by atoms with Crippen LogP contribution in [0.15, 0.2) is 33.9 Å². The number of carboxylic acids is 2. The molecule has 5 aliphatic rings. The van der Waals surface area contributed by atoms with Crippen molar-refractivity contribution < 1.29 is 83.3 Å². The van der Waals surface area contributed by atoms with E-state index < -0.39 is 63.9 Å². The number of piperidine rings is 3. The Bertz CT molecular complexity index is 1830. The Morgan fingerprint density at radius 2 is 1.88 bits per heavy atom. The SMILES string of the molecule is C[C@H](O/N=C(\C(=O)N[C@@H]1C(=O)N2C(C(=O)[O-])=C(C[N+]34CCC(C(=O)c5ccc(O)c(O)c5Cl)(CC3)CC4)CS[C@H]12)c1csc(N)n1)C(=O)[O-].[Na+]. The van der Waals surface area contributed by atoms with Crippen molar-refractivity contribution in [1.29, 1.82) is 0 Å². The van der Waals surface area contributed by atoms with E-state index in [0.717, 1.165) is 23.2 Å². The van der Waals surface area contributed by atoms with Crippen LogP contribution in [0, 0.1) is 5.41 Å². The van der Waals surface area contributed by atoms with E-state index in [1.54, 1.807) is 0 Å². The van der Waals surface area contributed by atoms with Crippen LogP contribution >= 0.6 is 34.7 Å². The number of carboxylic acid groups (broad SMARTS) is 2. The quantitative estimate of drug-likeness (QED) is 0.0325. The summed E-state index contributed by atoms with van der Waals surface area (Å²) >= 11 is 8.48. The molecule has 7 rings (SSSR count). The number of thioether (sulfide) groups is 1. The number of aromatic hydroxyl groups is 2. The number of hydrogen-bond acceptors (Lipinski definition) is 15. The summed E-state index contributed by atoms with van der Waals surface area (Å²) in [5.74, 6) is -5.63. The number of amides is 2. The number of benzene rings is 1. The van der Waals surface area contributed by atoms with Gasteiger partial charge in [-0.05, 0) is 19.1 Å². The van der Waals surface area contributed by atoms with E-state index >= 15 is 0 Å². The van der Waals surface area contributed by atoms with Crippen LogP contribution in [-0.4, -0.2) is 109 Å².